The number of amides is 1. The maximum atomic E-state index is 18.0. The van der Waals surface area contributed by atoms with E-state index in [1.165, 1.54) is 28.1 Å². The summed E-state index contributed by atoms with van der Waals surface area (Å²) in [4.78, 5) is 53.2. The quantitative estimate of drug-likeness (QED) is 0.0324. The molecule has 2 N–H and O–H groups in total. The first-order chi connectivity index (χ1) is 35.4. The molecule has 3 aromatic carbocycles. The number of fused-ring (bicyclic) bond motifs is 2. The van der Waals surface area contributed by atoms with Gasteiger partial charge in [0.15, 0.2) is 41.6 Å². The number of hydrogen-bond donors (Lipinski definition) is 2. The van der Waals surface area contributed by atoms with Gasteiger partial charge in [-0.3, -0.25) is 29.0 Å². The number of aromatic amines is 1. The summed E-state index contributed by atoms with van der Waals surface area (Å²) < 4.78 is 88.0. The molecule has 20 nitrogen and oxygen atoms in total. The minimum atomic E-state index is -2.53. The first kappa shape index (κ1) is 51.1. The third-order valence-electron chi connectivity index (χ3n) is 12.7. The van der Waals surface area contributed by atoms with Gasteiger partial charge in [-0.25, -0.2) is 35.3 Å². The Morgan fingerprint density at radius 1 is 0.836 bits per heavy atom. The highest BCUT2D eigenvalue weighted by Crippen LogP contribution is 2.50. The van der Waals surface area contributed by atoms with Crippen LogP contribution in [0.5, 0.6) is 11.5 Å². The molecule has 73 heavy (non-hydrogen) atoms. The summed E-state index contributed by atoms with van der Waals surface area (Å²) in [6.45, 7) is 13.7. The van der Waals surface area contributed by atoms with Crippen molar-refractivity contribution in [1.82, 2.24) is 39.0 Å². The number of anilines is 1. The number of methoxy groups -OCH3 is 2. The Balaban J connectivity index is 1.07. The maximum Gasteiger partial charge on any atom is 0.333 e. The van der Waals surface area contributed by atoms with Gasteiger partial charge in [0.05, 0.1) is 45.3 Å². The molecule has 1 amide bonds. The third kappa shape index (κ3) is 10.1. The zero-order valence-corrected chi connectivity index (χ0v) is 41.5. The predicted molar refractivity (Wildman–Crippen MR) is 262 cm³/mol. The van der Waals surface area contributed by atoms with Crippen LogP contribution in [-0.4, -0.2) is 116 Å². The van der Waals surface area contributed by atoms with Gasteiger partial charge in [-0.1, -0.05) is 75.4 Å². The number of alkyl halides is 2. The van der Waals surface area contributed by atoms with Crippen LogP contribution in [0.2, 0.25) is 0 Å². The number of H-pyrrole nitrogens is 1. The lowest BCUT2D eigenvalue weighted by Gasteiger charge is -2.39. The van der Waals surface area contributed by atoms with Crippen LogP contribution in [0.1, 0.15) is 62.0 Å². The molecular weight excluding hydrogens is 970 g/mol. The van der Waals surface area contributed by atoms with Gasteiger partial charge in [-0.05, 0) is 54.3 Å². The largest absolute Gasteiger partial charge is 0.497 e. The van der Waals surface area contributed by atoms with Crippen LogP contribution in [-0.2, 0) is 38.2 Å². The number of rotatable bonds is 20. The molecule has 6 heterocycles. The topological polar surface area (TPSA) is 214 Å². The predicted octanol–water partition coefficient (Wildman–Crippen LogP) is 7.70. The van der Waals surface area contributed by atoms with E-state index in [9.17, 15) is 9.59 Å². The standard InChI is InChI=1S/C50H53F2N10O10P/c1-8-35-42(38(52)48(69-35)62-27-57-40-44(62)58-49(60-46(40)64)59-45(63)28(2)3)72-73(67-23-22-53-5)68-24-36-41(37(51)47(70-36)61-26-56-39-29(4)54-25-55-43(39)61)71-50(30-12-10-9-11-13-30,31-14-18-33(65-6)19-15-31)32-16-20-34(66-7)21-17-32/h9-21,25-28,35-38,41-42,47-48H,8,22-24H2,1-4,6-7H3,(H2,58,59,60,63,64)/t35-,36-,37+,38+,41?,42?,47-,48-,73?/m1/s1. The van der Waals surface area contributed by atoms with Gasteiger partial charge in [-0.2, -0.15) is 4.98 Å². The van der Waals surface area contributed by atoms with Gasteiger partial charge < -0.3 is 42.1 Å². The van der Waals surface area contributed by atoms with Crippen molar-refractivity contribution in [3.8, 4) is 11.5 Å². The van der Waals surface area contributed by atoms with E-state index in [1.54, 1.807) is 66.2 Å². The number of nitrogens with one attached hydrogen (secondary N) is 2. The van der Waals surface area contributed by atoms with Crippen LogP contribution >= 0.6 is 8.60 Å². The molecule has 0 aliphatic carbocycles. The number of aryl methyl sites for hydroxylation is 1. The van der Waals surface area contributed by atoms with Gasteiger partial charge in [0.2, 0.25) is 18.4 Å². The van der Waals surface area contributed by atoms with Crippen molar-refractivity contribution >= 4 is 42.8 Å². The summed E-state index contributed by atoms with van der Waals surface area (Å²) in [5, 5.41) is 2.56. The summed E-state index contributed by atoms with van der Waals surface area (Å²) in [7, 11) is 0.596. The zero-order valence-electron chi connectivity index (χ0n) is 40.6. The fraction of sp³-hybridized carbons (Fsp3) is 0.400. The van der Waals surface area contributed by atoms with Crippen LogP contribution in [0.3, 0.4) is 0 Å². The maximum absolute atomic E-state index is 18.0. The molecule has 3 unspecified atom stereocenters. The normalized spacial score (nSPS) is 22.5. The number of imidazole rings is 2. The summed E-state index contributed by atoms with van der Waals surface area (Å²) in [5.41, 5.74) is 0.934. The third-order valence-corrected chi connectivity index (χ3v) is 13.8. The molecule has 9 atom stereocenters. The minimum Gasteiger partial charge on any atom is -0.497 e. The number of carbonyl (C=O) groups is 1. The molecular formula is C50H53F2N10O10P. The number of hydrogen-bond acceptors (Lipinski definition) is 15. The molecule has 382 valence electrons. The fourth-order valence-electron chi connectivity index (χ4n) is 8.88. The molecule has 0 radical (unpaired) electrons. The van der Waals surface area contributed by atoms with Gasteiger partial charge >= 0.3 is 8.60 Å². The summed E-state index contributed by atoms with van der Waals surface area (Å²) in [5.74, 6) is 0.198. The molecule has 2 saturated heterocycles. The lowest BCUT2D eigenvalue weighted by atomic mass is 9.79. The van der Waals surface area contributed by atoms with Crippen LogP contribution in [0.15, 0.2) is 103 Å². The van der Waals surface area contributed by atoms with E-state index in [0.717, 1.165) is 0 Å². The van der Waals surface area contributed by atoms with E-state index < -0.39 is 87.4 Å². The average molecular weight is 1020 g/mol. The van der Waals surface area contributed by atoms with Crippen molar-refractivity contribution in [3.63, 3.8) is 0 Å². The molecule has 23 heteroatoms. The SMILES string of the molecule is [C-]#[N+]CCOP(OC[C@H]1O[C@@H](n2cnc3c(C)ncnc32)[C@@H](F)C1OC(c1ccccc1)(c1ccc(OC)cc1)c1ccc(OC)cc1)OC1[C@@H](CC)O[C@@H](n2cnc3c(=O)[nH]c(NC(=O)C(C)C)nc32)[C@H]1F. The van der Waals surface area contributed by atoms with Crippen molar-refractivity contribution in [2.75, 3.05) is 39.3 Å². The lowest BCUT2D eigenvalue weighted by Crippen LogP contribution is -2.44. The lowest BCUT2D eigenvalue weighted by molar-refractivity contribution is -0.118. The molecule has 9 rings (SSSR count). The number of ether oxygens (including phenoxy) is 5. The summed E-state index contributed by atoms with van der Waals surface area (Å²) in [6, 6.07) is 23.9. The highest BCUT2D eigenvalue weighted by atomic mass is 31.2. The highest BCUT2D eigenvalue weighted by molar-refractivity contribution is 7.41. The fourth-order valence-corrected chi connectivity index (χ4v) is 10.0. The van der Waals surface area contributed by atoms with Crippen LogP contribution in [0.25, 0.3) is 27.2 Å². The van der Waals surface area contributed by atoms with Crippen LogP contribution < -0.4 is 20.3 Å². The molecule has 2 aliphatic rings. The minimum absolute atomic E-state index is 0.0410. The highest BCUT2D eigenvalue weighted by Gasteiger charge is 2.54. The Morgan fingerprint density at radius 2 is 1.44 bits per heavy atom. The van der Waals surface area contributed by atoms with Gasteiger partial charge in [-0.15, -0.1) is 0 Å². The zero-order chi connectivity index (χ0) is 51.4. The number of carbonyl (C=O) groups excluding carboxylic acids is 1. The Bertz CT molecular complexity index is 3070. The first-order valence-electron chi connectivity index (χ1n) is 23.5. The second-order valence-electron chi connectivity index (χ2n) is 17.5. The number of benzene rings is 3. The van der Waals surface area contributed by atoms with Crippen molar-refractivity contribution in [2.45, 2.75) is 88.9 Å². The van der Waals surface area contributed by atoms with E-state index >= 15 is 8.78 Å². The van der Waals surface area contributed by atoms with Crippen LogP contribution in [0.4, 0.5) is 14.7 Å². The average Bonchev–Trinajstić information content (AvgIpc) is 4.18. The van der Waals surface area contributed by atoms with Gasteiger partial charge in [0.25, 0.3) is 5.56 Å². The number of halogens is 2. The Kier molecular flexibility index (Phi) is 15.5. The Hall–Kier alpha value is -6.83. The Labute approximate surface area is 419 Å². The molecule has 7 aromatic rings. The van der Waals surface area contributed by atoms with Gasteiger partial charge in [0, 0.05) is 5.92 Å². The van der Waals surface area contributed by atoms with Crippen molar-refractivity contribution in [2.24, 2.45) is 5.92 Å². The second kappa shape index (κ2) is 22.1. The number of nitrogens with zero attached hydrogens (tertiary/aromatic N) is 8. The second-order valence-corrected chi connectivity index (χ2v) is 18.7. The van der Waals surface area contributed by atoms with Crippen molar-refractivity contribution < 1.29 is 50.8 Å². The molecule has 0 saturated carbocycles. The molecule has 4 aromatic heterocycles. The molecule has 0 bridgehead atoms. The molecule has 0 spiro atoms. The molecule has 2 aliphatic heterocycles. The van der Waals surface area contributed by atoms with Crippen LogP contribution in [0, 0.1) is 19.4 Å². The number of aromatic nitrogens is 8. The van der Waals surface area contributed by atoms with E-state index in [-0.39, 0.29) is 36.7 Å². The summed E-state index contributed by atoms with van der Waals surface area (Å²) >= 11 is 0. The van der Waals surface area contributed by atoms with E-state index in [4.69, 9.17) is 43.8 Å². The monoisotopic (exact) mass is 1020 g/mol. The molecule has 2 fully saturated rings. The van der Waals surface area contributed by atoms with E-state index in [2.05, 4.69) is 40.1 Å². The Morgan fingerprint density at radius 3 is 2.05 bits per heavy atom. The van der Waals surface area contributed by atoms with E-state index in [0.29, 0.717) is 45.0 Å². The smallest absolute Gasteiger partial charge is 0.333 e. The van der Waals surface area contributed by atoms with Gasteiger partial charge in [0.1, 0.15) is 53.9 Å². The summed E-state index contributed by atoms with van der Waals surface area (Å²) in [6.07, 6.45) is -7.18. The first-order valence-corrected chi connectivity index (χ1v) is 24.6. The van der Waals surface area contributed by atoms with Crippen molar-refractivity contribution in [1.29, 1.82) is 0 Å². The van der Waals surface area contributed by atoms with Crippen molar-refractivity contribution in [3.05, 3.63) is 142 Å². The van der Waals surface area contributed by atoms with E-state index in [1.807, 2.05) is 54.6 Å².